The summed E-state index contributed by atoms with van der Waals surface area (Å²) in [6.45, 7) is 2.38. The Balaban J connectivity index is 1.55. The molecule has 0 unspecified atom stereocenters. The number of amides is 1. The molecule has 4 aromatic rings. The molecule has 0 aliphatic heterocycles. The number of rotatable bonds is 6. The Morgan fingerprint density at radius 1 is 1.06 bits per heavy atom. The van der Waals surface area contributed by atoms with Gasteiger partial charge in [0.25, 0.3) is 5.56 Å². The average molecular weight is 494 g/mol. The highest BCUT2D eigenvalue weighted by molar-refractivity contribution is 9.10. The zero-order chi connectivity index (χ0) is 21.8. The Bertz CT molecular complexity index is 1310. The van der Waals surface area contributed by atoms with Crippen LogP contribution in [-0.4, -0.2) is 21.2 Å². The van der Waals surface area contributed by atoms with Crippen LogP contribution in [0.4, 0.5) is 5.69 Å². The van der Waals surface area contributed by atoms with Crippen LogP contribution in [0, 0.1) is 0 Å². The molecule has 0 spiro atoms. The molecule has 0 aliphatic carbocycles. The number of nitrogens with zero attached hydrogens (tertiary/aromatic N) is 2. The van der Waals surface area contributed by atoms with Crippen molar-refractivity contribution in [3.63, 3.8) is 0 Å². The van der Waals surface area contributed by atoms with Gasteiger partial charge in [0, 0.05) is 22.3 Å². The lowest BCUT2D eigenvalue weighted by atomic mass is 10.0. The zero-order valence-electron chi connectivity index (χ0n) is 16.8. The number of hydrogen-bond donors (Lipinski definition) is 1. The number of fused-ring (bicyclic) bond motifs is 1. The van der Waals surface area contributed by atoms with Crippen molar-refractivity contribution in [2.75, 3.05) is 11.1 Å². The Kier molecular flexibility index (Phi) is 6.53. The molecule has 0 bridgehead atoms. The SMILES string of the molecule is CCn1c(SCC(=O)Nc2ccccc2-c2ccccc2)nc2ccc(Br)cc2c1=O. The molecule has 0 saturated carbocycles. The van der Waals surface area contributed by atoms with Crippen LogP contribution in [0.15, 0.2) is 87.2 Å². The van der Waals surface area contributed by atoms with E-state index in [0.29, 0.717) is 22.6 Å². The van der Waals surface area contributed by atoms with Crippen molar-refractivity contribution in [1.29, 1.82) is 0 Å². The third kappa shape index (κ3) is 4.73. The van der Waals surface area contributed by atoms with Crippen molar-refractivity contribution in [1.82, 2.24) is 9.55 Å². The highest BCUT2D eigenvalue weighted by atomic mass is 79.9. The second kappa shape index (κ2) is 9.49. The number of carbonyl (C=O) groups excluding carboxylic acids is 1. The molecule has 0 fully saturated rings. The predicted octanol–water partition coefficient (Wildman–Crippen LogP) is 5.58. The predicted molar refractivity (Wildman–Crippen MR) is 131 cm³/mol. The van der Waals surface area contributed by atoms with Gasteiger partial charge in [0.2, 0.25) is 5.91 Å². The van der Waals surface area contributed by atoms with E-state index in [1.165, 1.54) is 11.8 Å². The third-order valence-electron chi connectivity index (χ3n) is 4.82. The van der Waals surface area contributed by atoms with E-state index in [4.69, 9.17) is 0 Å². The molecule has 3 aromatic carbocycles. The van der Waals surface area contributed by atoms with Gasteiger partial charge in [-0.25, -0.2) is 4.98 Å². The van der Waals surface area contributed by atoms with E-state index >= 15 is 0 Å². The summed E-state index contributed by atoms with van der Waals surface area (Å²) in [6, 6.07) is 23.1. The van der Waals surface area contributed by atoms with Crippen LogP contribution >= 0.6 is 27.7 Å². The van der Waals surface area contributed by atoms with E-state index in [9.17, 15) is 9.59 Å². The Morgan fingerprint density at radius 3 is 2.58 bits per heavy atom. The molecule has 5 nitrogen and oxygen atoms in total. The molecule has 0 aliphatic rings. The minimum absolute atomic E-state index is 0.105. The Labute approximate surface area is 192 Å². The van der Waals surface area contributed by atoms with Gasteiger partial charge in [-0.2, -0.15) is 0 Å². The summed E-state index contributed by atoms with van der Waals surface area (Å²) in [5, 5.41) is 4.09. The van der Waals surface area contributed by atoms with Gasteiger partial charge in [0.05, 0.1) is 16.7 Å². The molecule has 1 heterocycles. The summed E-state index contributed by atoms with van der Waals surface area (Å²) in [7, 11) is 0. The number of benzene rings is 3. The Hall–Kier alpha value is -2.90. The van der Waals surface area contributed by atoms with Crippen LogP contribution in [0.5, 0.6) is 0 Å². The van der Waals surface area contributed by atoms with E-state index in [-0.39, 0.29) is 17.2 Å². The molecule has 0 radical (unpaired) electrons. The largest absolute Gasteiger partial charge is 0.325 e. The number of nitrogens with one attached hydrogen (secondary N) is 1. The first-order chi connectivity index (χ1) is 15.1. The van der Waals surface area contributed by atoms with Crippen LogP contribution < -0.4 is 10.9 Å². The standard InChI is InChI=1S/C24H20BrN3O2S/c1-2-28-23(30)19-14-17(25)12-13-21(19)27-24(28)31-15-22(29)26-20-11-7-6-10-18(20)16-8-4-3-5-9-16/h3-14H,2,15H2,1H3,(H,26,29). The van der Waals surface area contributed by atoms with Crippen molar-refractivity contribution in [2.24, 2.45) is 0 Å². The molecule has 31 heavy (non-hydrogen) atoms. The average Bonchev–Trinajstić information content (AvgIpc) is 2.79. The van der Waals surface area contributed by atoms with Gasteiger partial charge in [0.15, 0.2) is 5.16 Å². The number of carbonyl (C=O) groups is 1. The van der Waals surface area contributed by atoms with Crippen molar-refractivity contribution in [3.8, 4) is 11.1 Å². The minimum Gasteiger partial charge on any atom is -0.325 e. The second-order valence-corrected chi connectivity index (χ2v) is 8.71. The van der Waals surface area contributed by atoms with Crippen LogP contribution in [0.2, 0.25) is 0 Å². The van der Waals surface area contributed by atoms with E-state index < -0.39 is 0 Å². The number of halogens is 1. The maximum absolute atomic E-state index is 12.9. The van der Waals surface area contributed by atoms with E-state index in [1.54, 1.807) is 16.7 Å². The molecular formula is C24H20BrN3O2S. The van der Waals surface area contributed by atoms with Crippen LogP contribution in [0.3, 0.4) is 0 Å². The molecular weight excluding hydrogens is 474 g/mol. The summed E-state index contributed by atoms with van der Waals surface area (Å²) >= 11 is 4.66. The number of para-hydroxylation sites is 1. The highest BCUT2D eigenvalue weighted by Crippen LogP contribution is 2.28. The number of hydrogen-bond acceptors (Lipinski definition) is 4. The third-order valence-corrected chi connectivity index (χ3v) is 6.29. The molecule has 4 rings (SSSR count). The quantitative estimate of drug-likeness (QED) is 0.281. The summed E-state index contributed by atoms with van der Waals surface area (Å²) < 4.78 is 2.43. The number of thioether (sulfide) groups is 1. The van der Waals surface area contributed by atoms with Gasteiger partial charge in [-0.05, 0) is 36.8 Å². The molecule has 0 atom stereocenters. The normalized spacial score (nSPS) is 10.9. The first kappa shape index (κ1) is 21.3. The lowest BCUT2D eigenvalue weighted by molar-refractivity contribution is -0.113. The fraction of sp³-hybridized carbons (Fsp3) is 0.125. The van der Waals surface area contributed by atoms with Crippen LogP contribution in [0.25, 0.3) is 22.0 Å². The molecule has 0 saturated heterocycles. The number of anilines is 1. The van der Waals surface area contributed by atoms with Crippen LogP contribution in [0.1, 0.15) is 6.92 Å². The summed E-state index contributed by atoms with van der Waals surface area (Å²) in [4.78, 5) is 30.2. The summed E-state index contributed by atoms with van der Waals surface area (Å²) in [5.74, 6) is -0.00128. The summed E-state index contributed by atoms with van der Waals surface area (Å²) in [5.41, 5.74) is 3.26. The van der Waals surface area contributed by atoms with Crippen molar-refractivity contribution < 1.29 is 4.79 Å². The van der Waals surface area contributed by atoms with Gasteiger partial charge in [-0.3, -0.25) is 14.2 Å². The van der Waals surface area contributed by atoms with Gasteiger partial charge in [-0.15, -0.1) is 0 Å². The lowest BCUT2D eigenvalue weighted by Gasteiger charge is -2.13. The summed E-state index contributed by atoms with van der Waals surface area (Å²) in [6.07, 6.45) is 0. The van der Waals surface area contributed by atoms with Crippen LogP contribution in [-0.2, 0) is 11.3 Å². The molecule has 1 N–H and O–H groups in total. The van der Waals surface area contributed by atoms with E-state index in [1.807, 2.05) is 67.6 Å². The maximum atomic E-state index is 12.9. The Morgan fingerprint density at radius 2 is 1.81 bits per heavy atom. The lowest BCUT2D eigenvalue weighted by Crippen LogP contribution is -2.23. The first-order valence-corrected chi connectivity index (χ1v) is 11.6. The van der Waals surface area contributed by atoms with Crippen molar-refractivity contribution >= 4 is 50.2 Å². The fourth-order valence-corrected chi connectivity index (χ4v) is 4.56. The maximum Gasteiger partial charge on any atom is 0.262 e. The van der Waals surface area contributed by atoms with Crippen molar-refractivity contribution in [3.05, 3.63) is 87.6 Å². The smallest absolute Gasteiger partial charge is 0.262 e. The van der Waals surface area contributed by atoms with Gasteiger partial charge in [0.1, 0.15) is 0 Å². The number of aromatic nitrogens is 2. The van der Waals surface area contributed by atoms with Crippen molar-refractivity contribution in [2.45, 2.75) is 18.6 Å². The van der Waals surface area contributed by atoms with Gasteiger partial charge < -0.3 is 5.32 Å². The van der Waals surface area contributed by atoms with E-state index in [0.717, 1.165) is 21.3 Å². The molecule has 7 heteroatoms. The first-order valence-electron chi connectivity index (χ1n) is 9.84. The topological polar surface area (TPSA) is 64.0 Å². The highest BCUT2D eigenvalue weighted by Gasteiger charge is 2.14. The van der Waals surface area contributed by atoms with Gasteiger partial charge >= 0.3 is 0 Å². The van der Waals surface area contributed by atoms with Gasteiger partial charge in [-0.1, -0.05) is 76.2 Å². The molecule has 156 valence electrons. The second-order valence-electron chi connectivity index (χ2n) is 6.85. The fourth-order valence-electron chi connectivity index (χ4n) is 3.34. The van der Waals surface area contributed by atoms with E-state index in [2.05, 4.69) is 26.2 Å². The molecule has 1 amide bonds. The monoisotopic (exact) mass is 493 g/mol. The minimum atomic E-state index is -0.152. The molecule has 1 aromatic heterocycles. The zero-order valence-corrected chi connectivity index (χ0v) is 19.2.